The molecule has 2 heterocycles. The van der Waals surface area contributed by atoms with Crippen molar-refractivity contribution in [3.8, 4) is 0 Å². The molecule has 1 N–H and O–H groups in total. The molecule has 2 unspecified atom stereocenters. The van der Waals surface area contributed by atoms with Crippen LogP contribution in [0.25, 0.3) is 0 Å². The topological polar surface area (TPSA) is 60.9 Å². The third kappa shape index (κ3) is 3.24. The van der Waals surface area contributed by atoms with Crippen molar-refractivity contribution in [2.24, 2.45) is 5.92 Å². The highest BCUT2D eigenvalue weighted by Crippen LogP contribution is 2.33. The predicted molar refractivity (Wildman–Crippen MR) is 86.7 cm³/mol. The van der Waals surface area contributed by atoms with E-state index in [1.807, 2.05) is 28.0 Å². The number of carbonyl (C=O) groups is 2. The minimum Gasteiger partial charge on any atom is -0.396 e. The summed E-state index contributed by atoms with van der Waals surface area (Å²) in [5.41, 5.74) is 2.33. The summed E-state index contributed by atoms with van der Waals surface area (Å²) in [6, 6.07) is 7.92. The van der Waals surface area contributed by atoms with E-state index in [2.05, 4.69) is 6.07 Å². The maximum atomic E-state index is 12.7. The van der Waals surface area contributed by atoms with Gasteiger partial charge in [-0.3, -0.25) is 9.59 Å². The first-order chi connectivity index (χ1) is 11.1. The number of benzene rings is 1. The Morgan fingerprint density at radius 3 is 2.74 bits per heavy atom. The number of aliphatic hydroxyl groups excluding tert-OH is 1. The highest BCUT2D eigenvalue weighted by atomic mass is 16.3. The van der Waals surface area contributed by atoms with Crippen LogP contribution in [-0.2, 0) is 16.0 Å². The second-order valence-electron chi connectivity index (χ2n) is 6.56. The summed E-state index contributed by atoms with van der Waals surface area (Å²) < 4.78 is 0. The van der Waals surface area contributed by atoms with E-state index in [1.165, 1.54) is 5.56 Å². The van der Waals surface area contributed by atoms with Gasteiger partial charge in [-0.2, -0.15) is 0 Å². The van der Waals surface area contributed by atoms with Gasteiger partial charge in [-0.25, -0.2) is 0 Å². The summed E-state index contributed by atoms with van der Waals surface area (Å²) in [5.74, 6) is 0.294. The van der Waals surface area contributed by atoms with Gasteiger partial charge in [-0.05, 0) is 24.0 Å². The molecule has 2 aliphatic rings. The van der Waals surface area contributed by atoms with Crippen molar-refractivity contribution in [2.45, 2.75) is 32.2 Å². The molecule has 1 aromatic carbocycles. The van der Waals surface area contributed by atoms with Crippen LogP contribution in [0.4, 0.5) is 0 Å². The van der Waals surface area contributed by atoms with Crippen LogP contribution in [0.3, 0.4) is 0 Å². The molecule has 1 aromatic rings. The first-order valence-corrected chi connectivity index (χ1v) is 8.33. The van der Waals surface area contributed by atoms with E-state index >= 15 is 0 Å². The van der Waals surface area contributed by atoms with Gasteiger partial charge in [0, 0.05) is 39.1 Å². The average molecular weight is 316 g/mol. The molecule has 3 rings (SSSR count). The SMILES string of the molecule is CC(=O)N1CCc2ccccc2C1CC(=O)N1CCC(CO)C1. The first-order valence-electron chi connectivity index (χ1n) is 8.33. The zero-order chi connectivity index (χ0) is 16.4. The van der Waals surface area contributed by atoms with Gasteiger partial charge in [-0.15, -0.1) is 0 Å². The van der Waals surface area contributed by atoms with Gasteiger partial charge in [0.2, 0.25) is 11.8 Å². The number of hydrogen-bond donors (Lipinski definition) is 1. The minimum absolute atomic E-state index is 0.0203. The number of fused-ring (bicyclic) bond motifs is 1. The van der Waals surface area contributed by atoms with Crippen LogP contribution in [0.15, 0.2) is 24.3 Å². The van der Waals surface area contributed by atoms with E-state index in [0.717, 1.165) is 18.4 Å². The summed E-state index contributed by atoms with van der Waals surface area (Å²) in [5, 5.41) is 9.24. The summed E-state index contributed by atoms with van der Waals surface area (Å²) in [7, 11) is 0. The fraction of sp³-hybridized carbons (Fsp3) is 0.556. The van der Waals surface area contributed by atoms with Gasteiger partial charge in [0.1, 0.15) is 0 Å². The Hall–Kier alpha value is -1.88. The Kier molecular flexibility index (Phi) is 4.66. The summed E-state index contributed by atoms with van der Waals surface area (Å²) in [6.07, 6.45) is 2.03. The monoisotopic (exact) mass is 316 g/mol. The Morgan fingerprint density at radius 1 is 1.26 bits per heavy atom. The molecule has 23 heavy (non-hydrogen) atoms. The van der Waals surface area contributed by atoms with Crippen LogP contribution < -0.4 is 0 Å². The fourth-order valence-corrected chi connectivity index (χ4v) is 3.75. The molecular weight excluding hydrogens is 292 g/mol. The van der Waals surface area contributed by atoms with Crippen molar-refractivity contribution >= 4 is 11.8 Å². The van der Waals surface area contributed by atoms with Gasteiger partial charge >= 0.3 is 0 Å². The quantitative estimate of drug-likeness (QED) is 0.916. The lowest BCUT2D eigenvalue weighted by Crippen LogP contribution is -2.41. The maximum Gasteiger partial charge on any atom is 0.225 e. The maximum absolute atomic E-state index is 12.7. The molecule has 5 heteroatoms. The van der Waals surface area contributed by atoms with Crippen LogP contribution in [-0.4, -0.2) is 53.0 Å². The molecule has 0 aromatic heterocycles. The lowest BCUT2D eigenvalue weighted by molar-refractivity contribution is -0.136. The van der Waals surface area contributed by atoms with Gasteiger partial charge in [0.05, 0.1) is 12.5 Å². The van der Waals surface area contributed by atoms with Gasteiger partial charge < -0.3 is 14.9 Å². The molecule has 0 radical (unpaired) electrons. The average Bonchev–Trinajstić information content (AvgIpc) is 3.04. The van der Waals surface area contributed by atoms with Gasteiger partial charge in [-0.1, -0.05) is 24.3 Å². The Bertz CT molecular complexity index is 602. The number of hydrogen-bond acceptors (Lipinski definition) is 3. The van der Waals surface area contributed by atoms with Crippen molar-refractivity contribution in [1.29, 1.82) is 0 Å². The van der Waals surface area contributed by atoms with Crippen LogP contribution >= 0.6 is 0 Å². The number of likely N-dealkylation sites (tertiary alicyclic amines) is 1. The number of carbonyl (C=O) groups excluding carboxylic acids is 2. The fourth-order valence-electron chi connectivity index (χ4n) is 3.75. The molecule has 2 aliphatic heterocycles. The van der Waals surface area contributed by atoms with Crippen molar-refractivity contribution in [1.82, 2.24) is 9.80 Å². The van der Waals surface area contributed by atoms with E-state index in [4.69, 9.17) is 0 Å². The Labute approximate surface area is 136 Å². The first kappa shape index (κ1) is 16.0. The molecule has 0 saturated carbocycles. The third-order valence-corrected chi connectivity index (χ3v) is 5.08. The van der Waals surface area contributed by atoms with E-state index < -0.39 is 0 Å². The van der Waals surface area contributed by atoms with Crippen LogP contribution in [0, 0.1) is 5.92 Å². The smallest absolute Gasteiger partial charge is 0.225 e. The minimum atomic E-state index is -0.168. The lowest BCUT2D eigenvalue weighted by atomic mass is 9.90. The molecule has 0 spiro atoms. The number of rotatable bonds is 3. The largest absolute Gasteiger partial charge is 0.396 e. The predicted octanol–water partition coefficient (Wildman–Crippen LogP) is 1.36. The summed E-state index contributed by atoms with van der Waals surface area (Å²) in [6.45, 7) is 3.71. The molecule has 1 saturated heterocycles. The molecule has 124 valence electrons. The van der Waals surface area contributed by atoms with E-state index in [-0.39, 0.29) is 30.4 Å². The highest BCUT2D eigenvalue weighted by molar-refractivity contribution is 5.80. The van der Waals surface area contributed by atoms with Crippen molar-refractivity contribution < 1.29 is 14.7 Å². The molecule has 1 fully saturated rings. The molecule has 2 atom stereocenters. The number of aliphatic hydroxyl groups is 1. The Balaban J connectivity index is 1.78. The molecule has 0 bridgehead atoms. The summed E-state index contributed by atoms with van der Waals surface area (Å²) >= 11 is 0. The van der Waals surface area contributed by atoms with Crippen molar-refractivity contribution in [2.75, 3.05) is 26.2 Å². The van der Waals surface area contributed by atoms with Gasteiger partial charge in [0.15, 0.2) is 0 Å². The molecular formula is C18H24N2O3. The number of nitrogens with zero attached hydrogens (tertiary/aromatic N) is 2. The third-order valence-electron chi connectivity index (χ3n) is 5.08. The van der Waals surface area contributed by atoms with Crippen molar-refractivity contribution in [3.05, 3.63) is 35.4 Å². The molecule has 0 aliphatic carbocycles. The van der Waals surface area contributed by atoms with Crippen molar-refractivity contribution in [3.63, 3.8) is 0 Å². The molecule has 2 amide bonds. The standard InChI is InChI=1S/C18H24N2O3/c1-13(22)20-9-7-15-4-2-3-5-16(15)17(20)10-18(23)19-8-6-14(11-19)12-21/h2-5,14,17,21H,6-12H2,1H3. The zero-order valence-corrected chi connectivity index (χ0v) is 13.6. The van der Waals surface area contributed by atoms with E-state index in [1.54, 1.807) is 6.92 Å². The Morgan fingerprint density at radius 2 is 2.04 bits per heavy atom. The molecule has 5 nitrogen and oxygen atoms in total. The zero-order valence-electron chi connectivity index (χ0n) is 13.6. The summed E-state index contributed by atoms with van der Waals surface area (Å²) in [4.78, 5) is 28.3. The van der Waals surface area contributed by atoms with Gasteiger partial charge in [0.25, 0.3) is 0 Å². The van der Waals surface area contributed by atoms with Crippen LogP contribution in [0.5, 0.6) is 0 Å². The normalized spacial score (nSPS) is 23.7. The second kappa shape index (κ2) is 6.71. The number of amides is 2. The van der Waals surface area contributed by atoms with Crippen LogP contribution in [0.1, 0.15) is 36.9 Å². The van der Waals surface area contributed by atoms with E-state index in [9.17, 15) is 14.7 Å². The van der Waals surface area contributed by atoms with Crippen LogP contribution in [0.2, 0.25) is 0 Å². The van der Waals surface area contributed by atoms with E-state index in [0.29, 0.717) is 26.1 Å². The highest BCUT2D eigenvalue weighted by Gasteiger charge is 2.33. The lowest BCUT2D eigenvalue weighted by Gasteiger charge is -2.37. The second-order valence-corrected chi connectivity index (χ2v) is 6.56.